The SMILES string of the molecule is N#CC(N)(CSc1ncc[nH]1)C1CC1. The van der Waals surface area contributed by atoms with E-state index in [0.717, 1.165) is 18.0 Å². The molecule has 74 valence electrons. The highest BCUT2D eigenvalue weighted by molar-refractivity contribution is 7.99. The van der Waals surface area contributed by atoms with Gasteiger partial charge in [-0.05, 0) is 18.8 Å². The van der Waals surface area contributed by atoms with Crippen LogP contribution in [-0.2, 0) is 0 Å². The first-order valence-corrected chi connectivity index (χ1v) is 5.55. The lowest BCUT2D eigenvalue weighted by atomic mass is 10.00. The van der Waals surface area contributed by atoms with Gasteiger partial charge >= 0.3 is 0 Å². The third kappa shape index (κ3) is 1.91. The van der Waals surface area contributed by atoms with Gasteiger partial charge in [0.05, 0.1) is 6.07 Å². The summed E-state index contributed by atoms with van der Waals surface area (Å²) >= 11 is 1.51. The monoisotopic (exact) mass is 208 g/mol. The quantitative estimate of drug-likeness (QED) is 0.727. The molecule has 0 aromatic carbocycles. The van der Waals surface area contributed by atoms with Gasteiger partial charge < -0.3 is 10.7 Å². The summed E-state index contributed by atoms with van der Waals surface area (Å²) in [4.78, 5) is 7.06. The van der Waals surface area contributed by atoms with Crippen LogP contribution in [0.4, 0.5) is 0 Å². The normalized spacial score (nSPS) is 20.0. The molecule has 1 aromatic rings. The maximum Gasteiger partial charge on any atom is 0.165 e. The Morgan fingerprint density at radius 3 is 3.07 bits per heavy atom. The van der Waals surface area contributed by atoms with Gasteiger partial charge in [0.25, 0.3) is 0 Å². The second kappa shape index (κ2) is 3.64. The van der Waals surface area contributed by atoms with Crippen molar-refractivity contribution in [3.8, 4) is 6.07 Å². The van der Waals surface area contributed by atoms with Crippen molar-refractivity contribution in [1.82, 2.24) is 9.97 Å². The van der Waals surface area contributed by atoms with Gasteiger partial charge in [0.15, 0.2) is 5.16 Å². The number of H-pyrrole nitrogens is 1. The lowest BCUT2D eigenvalue weighted by molar-refractivity contribution is 0.532. The fourth-order valence-corrected chi connectivity index (χ4v) is 2.32. The molecule has 1 aliphatic rings. The number of aromatic nitrogens is 2. The van der Waals surface area contributed by atoms with Crippen LogP contribution in [0.5, 0.6) is 0 Å². The summed E-state index contributed by atoms with van der Waals surface area (Å²) in [5.74, 6) is 0.997. The van der Waals surface area contributed by atoms with E-state index in [1.165, 1.54) is 11.8 Å². The molecule has 1 unspecified atom stereocenters. The third-order valence-corrected chi connectivity index (χ3v) is 3.55. The number of nitriles is 1. The summed E-state index contributed by atoms with van der Waals surface area (Å²) in [5, 5.41) is 9.83. The van der Waals surface area contributed by atoms with Gasteiger partial charge in [-0.1, -0.05) is 11.8 Å². The van der Waals surface area contributed by atoms with Crippen molar-refractivity contribution < 1.29 is 0 Å². The highest BCUT2D eigenvalue weighted by Gasteiger charge is 2.42. The van der Waals surface area contributed by atoms with Crippen LogP contribution in [0.3, 0.4) is 0 Å². The Kier molecular flexibility index (Phi) is 2.48. The van der Waals surface area contributed by atoms with Crippen molar-refractivity contribution in [2.75, 3.05) is 5.75 Å². The number of aromatic amines is 1. The molecule has 1 aliphatic carbocycles. The Balaban J connectivity index is 1.93. The largest absolute Gasteiger partial charge is 0.340 e. The van der Waals surface area contributed by atoms with Crippen LogP contribution in [0.1, 0.15) is 12.8 Å². The molecule has 0 radical (unpaired) electrons. The first-order valence-electron chi connectivity index (χ1n) is 4.57. The molecule has 0 saturated heterocycles. The second-order valence-electron chi connectivity index (χ2n) is 3.61. The number of nitrogens with two attached hydrogens (primary N) is 1. The molecule has 5 heteroatoms. The lowest BCUT2D eigenvalue weighted by Crippen LogP contribution is -2.43. The van der Waals surface area contributed by atoms with E-state index in [0.29, 0.717) is 11.7 Å². The van der Waals surface area contributed by atoms with Crippen molar-refractivity contribution >= 4 is 11.8 Å². The number of imidazole rings is 1. The molecular formula is C9H12N4S. The zero-order chi connectivity index (χ0) is 10.0. The van der Waals surface area contributed by atoms with E-state index >= 15 is 0 Å². The fourth-order valence-electron chi connectivity index (χ4n) is 1.36. The van der Waals surface area contributed by atoms with Gasteiger partial charge in [0, 0.05) is 18.1 Å². The molecule has 4 nitrogen and oxygen atoms in total. The van der Waals surface area contributed by atoms with E-state index in [1.54, 1.807) is 12.4 Å². The Morgan fingerprint density at radius 2 is 2.57 bits per heavy atom. The maximum absolute atomic E-state index is 9.01. The highest BCUT2D eigenvalue weighted by Crippen LogP contribution is 2.40. The van der Waals surface area contributed by atoms with E-state index < -0.39 is 5.54 Å². The van der Waals surface area contributed by atoms with Crippen LogP contribution < -0.4 is 5.73 Å². The summed E-state index contributed by atoms with van der Waals surface area (Å²) in [6, 6.07) is 2.22. The molecule has 1 fully saturated rings. The van der Waals surface area contributed by atoms with Crippen molar-refractivity contribution in [3.05, 3.63) is 12.4 Å². The number of hydrogen-bond acceptors (Lipinski definition) is 4. The first kappa shape index (κ1) is 9.56. The van der Waals surface area contributed by atoms with Gasteiger partial charge in [-0.15, -0.1) is 0 Å². The molecule has 0 spiro atoms. The topological polar surface area (TPSA) is 78.5 Å². The maximum atomic E-state index is 9.01. The minimum atomic E-state index is -0.669. The predicted molar refractivity (Wildman–Crippen MR) is 54.6 cm³/mol. The number of thioether (sulfide) groups is 1. The van der Waals surface area contributed by atoms with Gasteiger partial charge in [0.2, 0.25) is 0 Å². The molecule has 1 aromatic heterocycles. The molecule has 0 aliphatic heterocycles. The van der Waals surface area contributed by atoms with E-state index in [2.05, 4.69) is 16.0 Å². The summed E-state index contributed by atoms with van der Waals surface area (Å²) in [5.41, 5.74) is 5.33. The number of nitrogens with one attached hydrogen (secondary N) is 1. The Hall–Kier alpha value is -0.990. The summed E-state index contributed by atoms with van der Waals surface area (Å²) in [6.07, 6.45) is 5.64. The van der Waals surface area contributed by atoms with Crippen LogP contribution in [0.2, 0.25) is 0 Å². The van der Waals surface area contributed by atoms with Gasteiger partial charge in [-0.2, -0.15) is 5.26 Å². The summed E-state index contributed by atoms with van der Waals surface area (Å²) in [7, 11) is 0. The van der Waals surface area contributed by atoms with E-state index in [9.17, 15) is 0 Å². The molecular weight excluding hydrogens is 196 g/mol. The standard InChI is InChI=1S/C9H12N4S/c10-5-9(11,7-1-2-7)6-14-8-12-3-4-13-8/h3-4,7H,1-2,6,11H2,(H,12,13). The molecule has 1 heterocycles. The average Bonchev–Trinajstić information content (AvgIpc) is 2.94. The van der Waals surface area contributed by atoms with Gasteiger partial charge in [-0.25, -0.2) is 4.98 Å². The van der Waals surface area contributed by atoms with E-state index in [-0.39, 0.29) is 0 Å². The first-order chi connectivity index (χ1) is 6.74. The Morgan fingerprint density at radius 1 is 1.79 bits per heavy atom. The summed E-state index contributed by atoms with van der Waals surface area (Å²) in [6.45, 7) is 0. The zero-order valence-corrected chi connectivity index (χ0v) is 8.55. The third-order valence-electron chi connectivity index (χ3n) is 2.43. The Bertz CT molecular complexity index is 338. The van der Waals surface area contributed by atoms with Crippen molar-refractivity contribution in [2.45, 2.75) is 23.5 Å². The molecule has 14 heavy (non-hydrogen) atoms. The molecule has 1 saturated carbocycles. The molecule has 2 rings (SSSR count). The highest BCUT2D eigenvalue weighted by atomic mass is 32.2. The average molecular weight is 208 g/mol. The minimum Gasteiger partial charge on any atom is -0.340 e. The van der Waals surface area contributed by atoms with Gasteiger partial charge in [0.1, 0.15) is 5.54 Å². The number of hydrogen-bond donors (Lipinski definition) is 2. The van der Waals surface area contributed by atoms with E-state index in [1.807, 2.05) is 0 Å². The smallest absolute Gasteiger partial charge is 0.165 e. The van der Waals surface area contributed by atoms with Crippen LogP contribution in [0.15, 0.2) is 17.6 Å². The van der Waals surface area contributed by atoms with Crippen molar-refractivity contribution in [2.24, 2.45) is 11.7 Å². The summed E-state index contributed by atoms with van der Waals surface area (Å²) < 4.78 is 0. The molecule has 0 amide bonds. The number of rotatable bonds is 4. The molecule has 0 bridgehead atoms. The van der Waals surface area contributed by atoms with Crippen LogP contribution in [-0.4, -0.2) is 21.3 Å². The van der Waals surface area contributed by atoms with Crippen LogP contribution >= 0.6 is 11.8 Å². The fraction of sp³-hybridized carbons (Fsp3) is 0.556. The van der Waals surface area contributed by atoms with Crippen LogP contribution in [0.25, 0.3) is 0 Å². The second-order valence-corrected chi connectivity index (χ2v) is 4.57. The Labute approximate surface area is 86.9 Å². The predicted octanol–water partition coefficient (Wildman–Crippen LogP) is 1.13. The van der Waals surface area contributed by atoms with E-state index in [4.69, 9.17) is 11.0 Å². The molecule has 3 N–H and O–H groups in total. The minimum absolute atomic E-state index is 0.384. The van der Waals surface area contributed by atoms with Crippen LogP contribution in [0, 0.1) is 17.2 Å². The van der Waals surface area contributed by atoms with Crippen molar-refractivity contribution in [3.63, 3.8) is 0 Å². The van der Waals surface area contributed by atoms with Crippen molar-refractivity contribution in [1.29, 1.82) is 5.26 Å². The molecule has 1 atom stereocenters. The number of nitrogens with zero attached hydrogens (tertiary/aromatic N) is 2. The van der Waals surface area contributed by atoms with Gasteiger partial charge in [-0.3, -0.25) is 0 Å². The zero-order valence-electron chi connectivity index (χ0n) is 7.73. The lowest BCUT2D eigenvalue weighted by Gasteiger charge is -2.19.